The van der Waals surface area contributed by atoms with Crippen LogP contribution in [0.4, 0.5) is 0 Å². The van der Waals surface area contributed by atoms with Crippen LogP contribution in [-0.2, 0) is 13.0 Å². The predicted octanol–water partition coefficient (Wildman–Crippen LogP) is 6.94. The topological polar surface area (TPSA) is 67.9 Å². The largest absolute Gasteiger partial charge is 0.491 e. The summed E-state index contributed by atoms with van der Waals surface area (Å²) in [4.78, 5) is 18.8. The Hall–Kier alpha value is -4.17. The first-order valence-electron chi connectivity index (χ1n) is 12.9. The van der Waals surface area contributed by atoms with E-state index in [9.17, 15) is 10.1 Å². The van der Waals surface area contributed by atoms with E-state index >= 15 is 0 Å². The van der Waals surface area contributed by atoms with Crippen LogP contribution in [0.2, 0.25) is 0 Å². The Morgan fingerprint density at radius 1 is 1.00 bits per heavy atom. The number of hydrogen-bond donors (Lipinski definition) is 0. The first kappa shape index (κ1) is 25.9. The highest BCUT2D eigenvalue weighted by molar-refractivity contribution is 5.71. The highest BCUT2D eigenvalue weighted by Gasteiger charge is 2.17. The first-order valence-corrected chi connectivity index (χ1v) is 12.9. The number of rotatable bonds is 9. The summed E-state index contributed by atoms with van der Waals surface area (Å²) in [6, 6.07) is 25.7. The normalized spacial score (nSPS) is 10.9. The maximum Gasteiger partial charge on any atom is 0.261 e. The van der Waals surface area contributed by atoms with Crippen LogP contribution in [0, 0.1) is 18.3 Å². The van der Waals surface area contributed by atoms with Crippen LogP contribution in [-0.4, -0.2) is 15.7 Å². The van der Waals surface area contributed by atoms with Gasteiger partial charge in [0.25, 0.3) is 5.56 Å². The molecule has 5 nitrogen and oxygen atoms in total. The van der Waals surface area contributed by atoms with Crippen molar-refractivity contribution >= 4 is 0 Å². The minimum Gasteiger partial charge on any atom is -0.491 e. The third-order valence-corrected chi connectivity index (χ3v) is 6.33. The molecule has 4 rings (SSSR count). The van der Waals surface area contributed by atoms with Crippen LogP contribution in [0.15, 0.2) is 77.6 Å². The van der Waals surface area contributed by atoms with Gasteiger partial charge in [-0.15, -0.1) is 0 Å². The Morgan fingerprint density at radius 2 is 1.73 bits per heavy atom. The number of nitrogens with zero attached hydrogens (tertiary/aromatic N) is 3. The van der Waals surface area contributed by atoms with E-state index in [4.69, 9.17) is 9.72 Å². The van der Waals surface area contributed by atoms with Gasteiger partial charge in [-0.05, 0) is 67.6 Å². The highest BCUT2D eigenvalue weighted by atomic mass is 16.5. The van der Waals surface area contributed by atoms with Crippen molar-refractivity contribution in [2.45, 2.75) is 59.6 Å². The van der Waals surface area contributed by atoms with Gasteiger partial charge in [0.15, 0.2) is 0 Å². The average Bonchev–Trinajstić information content (AvgIpc) is 2.90. The molecule has 0 bridgehead atoms. The molecule has 0 amide bonds. The summed E-state index contributed by atoms with van der Waals surface area (Å²) in [7, 11) is 0. The van der Waals surface area contributed by atoms with Crippen LogP contribution >= 0.6 is 0 Å². The van der Waals surface area contributed by atoms with Crippen molar-refractivity contribution in [3.63, 3.8) is 0 Å². The minimum atomic E-state index is -0.0678. The Morgan fingerprint density at radius 3 is 2.38 bits per heavy atom. The second-order valence-electron chi connectivity index (χ2n) is 9.53. The van der Waals surface area contributed by atoms with Gasteiger partial charge in [0, 0.05) is 6.42 Å². The molecule has 5 heteroatoms. The lowest BCUT2D eigenvalue weighted by Gasteiger charge is -2.17. The van der Waals surface area contributed by atoms with E-state index in [2.05, 4.69) is 13.0 Å². The fraction of sp³-hybridized carbons (Fsp3) is 0.281. The summed E-state index contributed by atoms with van der Waals surface area (Å²) in [5.74, 6) is 1.55. The van der Waals surface area contributed by atoms with E-state index in [0.29, 0.717) is 17.7 Å². The molecule has 1 aromatic heterocycles. The van der Waals surface area contributed by atoms with E-state index in [0.717, 1.165) is 58.8 Å². The smallest absolute Gasteiger partial charge is 0.261 e. The average molecular weight is 492 g/mol. The second kappa shape index (κ2) is 11.7. The van der Waals surface area contributed by atoms with Gasteiger partial charge >= 0.3 is 0 Å². The zero-order valence-electron chi connectivity index (χ0n) is 22.0. The summed E-state index contributed by atoms with van der Waals surface area (Å²) in [6.07, 6.45) is 2.76. The Labute approximate surface area is 219 Å². The van der Waals surface area contributed by atoms with Crippen LogP contribution in [0.3, 0.4) is 0 Å². The van der Waals surface area contributed by atoms with Gasteiger partial charge in [-0.25, -0.2) is 4.98 Å². The van der Waals surface area contributed by atoms with Gasteiger partial charge in [0.05, 0.1) is 35.5 Å². The summed E-state index contributed by atoms with van der Waals surface area (Å²) in [5.41, 5.74) is 5.44. The summed E-state index contributed by atoms with van der Waals surface area (Å²) < 4.78 is 7.54. The molecule has 0 saturated heterocycles. The van der Waals surface area contributed by atoms with Crippen LogP contribution < -0.4 is 10.3 Å². The van der Waals surface area contributed by atoms with Gasteiger partial charge in [-0.1, -0.05) is 67.9 Å². The van der Waals surface area contributed by atoms with Crippen molar-refractivity contribution in [3.8, 4) is 34.1 Å². The standard InChI is InChI=1S/C32H33N3O2/c1-5-6-12-30-34-23(4)31(26-14-16-28(17-15-26)37-22(2)3)32(36)35(30)21-24-13-18-29(27(19-24)20-33)25-10-8-7-9-11-25/h7-11,13-19,22H,5-6,12,21H2,1-4H3. The number of aromatic nitrogens is 2. The lowest BCUT2D eigenvalue weighted by Crippen LogP contribution is -2.28. The molecule has 37 heavy (non-hydrogen) atoms. The molecule has 0 saturated carbocycles. The van der Waals surface area contributed by atoms with Crippen molar-refractivity contribution in [2.75, 3.05) is 0 Å². The molecule has 1 heterocycles. The molecule has 0 fully saturated rings. The predicted molar refractivity (Wildman–Crippen MR) is 149 cm³/mol. The number of aryl methyl sites for hydroxylation is 2. The highest BCUT2D eigenvalue weighted by Crippen LogP contribution is 2.26. The molecule has 0 N–H and O–H groups in total. The lowest BCUT2D eigenvalue weighted by atomic mass is 9.98. The number of ether oxygens (including phenoxy) is 1. The summed E-state index contributed by atoms with van der Waals surface area (Å²) in [5, 5.41) is 9.86. The summed E-state index contributed by atoms with van der Waals surface area (Å²) >= 11 is 0. The molecular formula is C32H33N3O2. The molecule has 0 atom stereocenters. The molecule has 0 aliphatic rings. The fourth-order valence-electron chi connectivity index (χ4n) is 4.54. The first-order chi connectivity index (χ1) is 17.9. The van der Waals surface area contributed by atoms with Crippen molar-refractivity contribution in [3.05, 3.63) is 106 Å². The van der Waals surface area contributed by atoms with Gasteiger partial charge in [-0.3, -0.25) is 9.36 Å². The molecular weight excluding hydrogens is 458 g/mol. The molecule has 4 aromatic rings. The van der Waals surface area contributed by atoms with Crippen LogP contribution in [0.25, 0.3) is 22.3 Å². The Kier molecular flexibility index (Phi) is 8.20. The Balaban J connectivity index is 1.76. The maximum absolute atomic E-state index is 13.9. The number of nitriles is 1. The van der Waals surface area contributed by atoms with Gasteiger partial charge in [-0.2, -0.15) is 5.26 Å². The molecule has 3 aromatic carbocycles. The molecule has 188 valence electrons. The van der Waals surface area contributed by atoms with Gasteiger partial charge in [0.1, 0.15) is 11.6 Å². The fourth-order valence-corrected chi connectivity index (χ4v) is 4.54. The molecule has 0 unspecified atom stereocenters. The number of hydrogen-bond acceptors (Lipinski definition) is 4. The van der Waals surface area contributed by atoms with E-state index in [1.54, 1.807) is 4.57 Å². The van der Waals surface area contributed by atoms with Crippen LogP contribution in [0.5, 0.6) is 5.75 Å². The van der Waals surface area contributed by atoms with Gasteiger partial charge < -0.3 is 4.74 Å². The molecule has 0 spiro atoms. The third-order valence-electron chi connectivity index (χ3n) is 6.33. The SMILES string of the molecule is CCCCc1nc(C)c(-c2ccc(OC(C)C)cc2)c(=O)n1Cc1ccc(-c2ccccc2)c(C#N)c1. The van der Waals surface area contributed by atoms with Crippen LogP contribution in [0.1, 0.15) is 56.3 Å². The number of benzene rings is 3. The van der Waals surface area contributed by atoms with Crippen molar-refractivity contribution in [1.82, 2.24) is 9.55 Å². The van der Waals surface area contributed by atoms with E-state index in [-0.39, 0.29) is 11.7 Å². The quantitative estimate of drug-likeness (QED) is 0.254. The maximum atomic E-state index is 13.9. The van der Waals surface area contributed by atoms with Crippen molar-refractivity contribution in [1.29, 1.82) is 5.26 Å². The van der Waals surface area contributed by atoms with E-state index in [1.807, 2.05) is 93.6 Å². The minimum absolute atomic E-state index is 0.0678. The monoisotopic (exact) mass is 491 g/mol. The van der Waals surface area contributed by atoms with E-state index in [1.165, 1.54) is 0 Å². The van der Waals surface area contributed by atoms with Gasteiger partial charge in [0.2, 0.25) is 0 Å². The van der Waals surface area contributed by atoms with Crippen molar-refractivity contribution < 1.29 is 4.74 Å². The molecule has 0 aliphatic heterocycles. The Bertz CT molecular complexity index is 1460. The summed E-state index contributed by atoms with van der Waals surface area (Å²) in [6.45, 7) is 8.36. The zero-order valence-corrected chi connectivity index (χ0v) is 22.0. The van der Waals surface area contributed by atoms with Crippen molar-refractivity contribution in [2.24, 2.45) is 0 Å². The molecule has 0 aliphatic carbocycles. The second-order valence-corrected chi connectivity index (χ2v) is 9.53. The lowest BCUT2D eigenvalue weighted by molar-refractivity contribution is 0.242. The zero-order chi connectivity index (χ0) is 26.4. The molecule has 0 radical (unpaired) electrons. The number of unbranched alkanes of at least 4 members (excludes halogenated alkanes) is 1. The van der Waals surface area contributed by atoms with E-state index < -0.39 is 0 Å². The third kappa shape index (κ3) is 5.98.